The van der Waals surface area contributed by atoms with Crippen LogP contribution in [0.25, 0.3) is 0 Å². The second kappa shape index (κ2) is 12.2. The zero-order chi connectivity index (χ0) is 25.4. The van der Waals surface area contributed by atoms with Crippen molar-refractivity contribution in [3.05, 3.63) is 59.4 Å². The van der Waals surface area contributed by atoms with Gasteiger partial charge in [-0.3, -0.25) is 9.78 Å². The lowest BCUT2D eigenvalue weighted by Crippen LogP contribution is -2.59. The number of nitrogens with one attached hydrogen (secondary N) is 3. The van der Waals surface area contributed by atoms with Crippen LogP contribution in [0, 0.1) is 5.92 Å². The number of hydrogen-bond donors (Lipinski definition) is 3. The van der Waals surface area contributed by atoms with Crippen LogP contribution in [0.3, 0.4) is 0 Å². The van der Waals surface area contributed by atoms with Crippen molar-refractivity contribution in [2.24, 2.45) is 5.92 Å². The highest BCUT2D eigenvalue weighted by molar-refractivity contribution is 5.97. The largest absolute Gasteiger partial charge is 0.354 e. The molecule has 35 heavy (non-hydrogen) atoms. The summed E-state index contributed by atoms with van der Waals surface area (Å²) in [5.74, 6) is 0.836. The zero-order valence-electron chi connectivity index (χ0n) is 22.0. The second-order valence-electron chi connectivity index (χ2n) is 10.7. The van der Waals surface area contributed by atoms with E-state index in [-0.39, 0.29) is 23.8 Å². The monoisotopic (exact) mass is 478 g/mol. The van der Waals surface area contributed by atoms with Crippen LogP contribution in [0.1, 0.15) is 95.4 Å². The molecule has 2 aromatic rings. The third kappa shape index (κ3) is 7.30. The molecule has 0 saturated heterocycles. The van der Waals surface area contributed by atoms with Crippen molar-refractivity contribution in [2.75, 3.05) is 11.9 Å². The molecular weight excluding hydrogens is 436 g/mol. The first-order valence-electron chi connectivity index (χ1n) is 13.1. The van der Waals surface area contributed by atoms with Crippen molar-refractivity contribution in [1.82, 2.24) is 15.6 Å². The van der Waals surface area contributed by atoms with Gasteiger partial charge in [-0.05, 0) is 60.8 Å². The number of pyridine rings is 1. The first kappa shape index (κ1) is 26.7. The van der Waals surface area contributed by atoms with Gasteiger partial charge in [0.1, 0.15) is 5.54 Å². The van der Waals surface area contributed by atoms with Crippen molar-refractivity contribution < 1.29 is 9.59 Å². The molecule has 190 valence electrons. The standard InChI is InChI=1S/C29H42N4O2/c1-20(2)24-15-11-16-25(21(3)4)26(24)32-28(35)33-29(5,18-23-14-9-10-17-30-23)27(34)31-19-22-12-7-6-8-13-22/h9-11,14-17,20-22H,6-8,12-13,18-19H2,1-5H3,(H,31,34)(H2,32,33,35). The minimum Gasteiger partial charge on any atom is -0.354 e. The summed E-state index contributed by atoms with van der Waals surface area (Å²) in [5, 5.41) is 9.23. The Balaban J connectivity index is 1.80. The highest BCUT2D eigenvalue weighted by Crippen LogP contribution is 2.32. The molecule has 1 aromatic heterocycles. The Labute approximate surface area is 210 Å². The maximum absolute atomic E-state index is 13.5. The van der Waals surface area contributed by atoms with Gasteiger partial charge in [-0.15, -0.1) is 0 Å². The van der Waals surface area contributed by atoms with Crippen LogP contribution in [0.2, 0.25) is 0 Å². The van der Waals surface area contributed by atoms with Crippen LogP contribution in [0.5, 0.6) is 0 Å². The van der Waals surface area contributed by atoms with Crippen molar-refractivity contribution in [3.63, 3.8) is 0 Å². The summed E-state index contributed by atoms with van der Waals surface area (Å²) in [4.78, 5) is 31.2. The Morgan fingerprint density at radius 1 is 0.971 bits per heavy atom. The Hall–Kier alpha value is -2.89. The lowest BCUT2D eigenvalue weighted by Gasteiger charge is -2.31. The Morgan fingerprint density at radius 3 is 2.20 bits per heavy atom. The number of anilines is 1. The van der Waals surface area contributed by atoms with E-state index in [0.29, 0.717) is 18.9 Å². The Morgan fingerprint density at radius 2 is 1.63 bits per heavy atom. The number of para-hydroxylation sites is 1. The quantitative estimate of drug-likeness (QED) is 0.404. The van der Waals surface area contributed by atoms with Crippen molar-refractivity contribution in [1.29, 1.82) is 0 Å². The van der Waals surface area contributed by atoms with E-state index in [2.05, 4.69) is 60.8 Å². The van der Waals surface area contributed by atoms with Crippen LogP contribution in [-0.4, -0.2) is 29.0 Å². The average Bonchev–Trinajstić information content (AvgIpc) is 2.83. The number of benzene rings is 1. The highest BCUT2D eigenvalue weighted by atomic mass is 16.2. The van der Waals surface area contributed by atoms with E-state index < -0.39 is 5.54 Å². The molecular formula is C29H42N4O2. The van der Waals surface area contributed by atoms with Gasteiger partial charge in [-0.1, -0.05) is 71.2 Å². The molecule has 0 spiro atoms. The molecule has 3 rings (SSSR count). The van der Waals surface area contributed by atoms with Crippen molar-refractivity contribution in [3.8, 4) is 0 Å². The normalized spacial score (nSPS) is 16.1. The number of carbonyl (C=O) groups is 2. The summed E-state index contributed by atoms with van der Waals surface area (Å²) >= 11 is 0. The molecule has 3 amide bonds. The third-order valence-corrected chi connectivity index (χ3v) is 7.04. The predicted molar refractivity (Wildman–Crippen MR) is 143 cm³/mol. The van der Waals surface area contributed by atoms with E-state index in [1.54, 1.807) is 13.1 Å². The van der Waals surface area contributed by atoms with Gasteiger partial charge in [0.15, 0.2) is 0 Å². The van der Waals surface area contributed by atoms with E-state index in [1.165, 1.54) is 19.3 Å². The van der Waals surface area contributed by atoms with Gasteiger partial charge in [0.2, 0.25) is 5.91 Å². The predicted octanol–water partition coefficient (Wildman–Crippen LogP) is 6.15. The first-order chi connectivity index (χ1) is 16.7. The van der Waals surface area contributed by atoms with Crippen molar-refractivity contribution >= 4 is 17.6 Å². The van der Waals surface area contributed by atoms with Gasteiger partial charge >= 0.3 is 6.03 Å². The third-order valence-electron chi connectivity index (χ3n) is 7.04. The van der Waals surface area contributed by atoms with Crippen LogP contribution in [0.4, 0.5) is 10.5 Å². The molecule has 1 heterocycles. The molecule has 1 unspecified atom stereocenters. The summed E-state index contributed by atoms with van der Waals surface area (Å²) in [6.07, 6.45) is 8.04. The van der Waals surface area contributed by atoms with Gasteiger partial charge in [-0.2, -0.15) is 0 Å². The summed E-state index contributed by atoms with van der Waals surface area (Å²) in [5.41, 5.74) is 2.61. The molecule has 0 aliphatic heterocycles. The number of rotatable bonds is 9. The molecule has 6 nitrogen and oxygen atoms in total. The maximum Gasteiger partial charge on any atom is 0.320 e. The van der Waals surface area contributed by atoms with E-state index in [1.807, 2.05) is 24.3 Å². The van der Waals surface area contributed by atoms with Gasteiger partial charge < -0.3 is 16.0 Å². The van der Waals surface area contributed by atoms with Gasteiger partial charge in [-0.25, -0.2) is 4.79 Å². The van der Waals surface area contributed by atoms with Gasteiger partial charge in [0.05, 0.1) is 0 Å². The fourth-order valence-electron chi connectivity index (χ4n) is 4.96. The van der Waals surface area contributed by atoms with Crippen LogP contribution < -0.4 is 16.0 Å². The SMILES string of the molecule is CC(C)c1cccc(C(C)C)c1NC(=O)NC(C)(Cc1ccccn1)C(=O)NCC1CCCCC1. The molecule has 1 aliphatic carbocycles. The highest BCUT2D eigenvalue weighted by Gasteiger charge is 2.36. The lowest BCUT2D eigenvalue weighted by molar-refractivity contribution is -0.126. The molecule has 3 N–H and O–H groups in total. The minimum absolute atomic E-state index is 0.176. The molecule has 0 radical (unpaired) electrons. The smallest absolute Gasteiger partial charge is 0.320 e. The fraction of sp³-hybridized carbons (Fsp3) is 0.552. The number of hydrogen-bond acceptors (Lipinski definition) is 3. The Bertz CT molecular complexity index is 957. The van der Waals surface area contributed by atoms with Crippen LogP contribution >= 0.6 is 0 Å². The van der Waals surface area contributed by atoms with Crippen LogP contribution in [0.15, 0.2) is 42.6 Å². The fourth-order valence-corrected chi connectivity index (χ4v) is 4.96. The minimum atomic E-state index is -1.14. The molecule has 1 aliphatic rings. The molecule has 1 atom stereocenters. The zero-order valence-corrected chi connectivity index (χ0v) is 22.0. The topological polar surface area (TPSA) is 83.1 Å². The van der Waals surface area contributed by atoms with E-state index in [0.717, 1.165) is 35.3 Å². The number of amides is 3. The summed E-state index contributed by atoms with van der Waals surface area (Å²) < 4.78 is 0. The molecule has 6 heteroatoms. The van der Waals surface area contributed by atoms with E-state index in [4.69, 9.17) is 0 Å². The first-order valence-corrected chi connectivity index (χ1v) is 13.1. The summed E-state index contributed by atoms with van der Waals surface area (Å²) in [6, 6.07) is 11.4. The maximum atomic E-state index is 13.5. The summed E-state index contributed by atoms with van der Waals surface area (Å²) in [7, 11) is 0. The number of nitrogens with zero attached hydrogens (tertiary/aromatic N) is 1. The van der Waals surface area contributed by atoms with E-state index in [9.17, 15) is 9.59 Å². The van der Waals surface area contributed by atoms with E-state index >= 15 is 0 Å². The van der Waals surface area contributed by atoms with Gasteiger partial charge in [0, 0.05) is 30.5 Å². The number of carbonyl (C=O) groups excluding carboxylic acids is 2. The van der Waals surface area contributed by atoms with Crippen molar-refractivity contribution in [2.45, 2.75) is 90.5 Å². The molecule has 1 fully saturated rings. The van der Waals surface area contributed by atoms with Crippen LogP contribution in [-0.2, 0) is 11.2 Å². The van der Waals surface area contributed by atoms with Gasteiger partial charge in [0.25, 0.3) is 0 Å². The molecule has 1 aromatic carbocycles. The Kier molecular flexibility index (Phi) is 9.30. The average molecular weight is 479 g/mol. The lowest BCUT2D eigenvalue weighted by atomic mass is 9.88. The number of urea groups is 1. The number of aromatic nitrogens is 1. The molecule has 0 bridgehead atoms. The summed E-state index contributed by atoms with van der Waals surface area (Å²) in [6.45, 7) is 10.9. The molecule has 1 saturated carbocycles. The second-order valence-corrected chi connectivity index (χ2v) is 10.7.